The molecule has 32 heavy (non-hydrogen) atoms. The molecular formula is C24H28O8. The predicted molar refractivity (Wildman–Crippen MR) is 120 cm³/mol. The minimum Gasteiger partial charge on any atom is -0.496 e. The largest absolute Gasteiger partial charge is 0.496 e. The van der Waals surface area contributed by atoms with Crippen LogP contribution in [0.2, 0.25) is 0 Å². The number of hydrogen-bond donors (Lipinski definition) is 2. The zero-order valence-corrected chi connectivity index (χ0v) is 19.0. The van der Waals surface area contributed by atoms with E-state index in [0.29, 0.717) is 45.6 Å². The smallest absolute Gasteiger partial charge is 0.164 e. The zero-order chi connectivity index (χ0) is 24.3. The van der Waals surface area contributed by atoms with Gasteiger partial charge in [-0.05, 0) is 12.1 Å². The van der Waals surface area contributed by atoms with Gasteiger partial charge in [0.05, 0.1) is 42.7 Å². The first-order valence-corrected chi connectivity index (χ1v) is 9.23. The maximum absolute atomic E-state index is 9.61. The van der Waals surface area contributed by atoms with E-state index < -0.39 is 12.2 Å². The Morgan fingerprint density at radius 3 is 1.00 bits per heavy atom. The molecule has 2 aromatic carbocycles. The van der Waals surface area contributed by atoms with Crippen molar-refractivity contribution in [3.63, 3.8) is 0 Å². The molecule has 0 heterocycles. The van der Waals surface area contributed by atoms with Gasteiger partial charge in [0, 0.05) is 23.3 Å². The van der Waals surface area contributed by atoms with Crippen molar-refractivity contribution in [1.82, 2.24) is 0 Å². The molecule has 2 unspecified atom stereocenters. The van der Waals surface area contributed by atoms with Crippen LogP contribution in [0.1, 0.15) is 23.3 Å². The number of aliphatic hydroxyl groups is 2. The minimum atomic E-state index is -1.03. The van der Waals surface area contributed by atoms with Crippen LogP contribution in [0.15, 0.2) is 24.3 Å². The molecule has 0 bridgehead atoms. The molecule has 0 amide bonds. The molecule has 0 saturated heterocycles. The summed E-state index contributed by atoms with van der Waals surface area (Å²) in [6, 6.07) is 6.44. The summed E-state index contributed by atoms with van der Waals surface area (Å²) in [7, 11) is 9.05. The van der Waals surface area contributed by atoms with Crippen molar-refractivity contribution >= 4 is 0 Å². The summed E-state index contributed by atoms with van der Waals surface area (Å²) < 4.78 is 30.7. The molecular weight excluding hydrogens is 416 g/mol. The van der Waals surface area contributed by atoms with Crippen LogP contribution in [0.25, 0.3) is 0 Å². The molecule has 0 radical (unpaired) electrons. The van der Waals surface area contributed by atoms with Gasteiger partial charge in [-0.2, -0.15) is 0 Å². The van der Waals surface area contributed by atoms with Crippen LogP contribution in [-0.2, 0) is 0 Å². The second-order valence-electron chi connectivity index (χ2n) is 6.04. The Labute approximate surface area is 188 Å². The number of benzene rings is 2. The van der Waals surface area contributed by atoms with E-state index in [-0.39, 0.29) is 0 Å². The van der Waals surface area contributed by atoms with Crippen LogP contribution in [0.5, 0.6) is 34.5 Å². The maximum atomic E-state index is 9.61. The van der Waals surface area contributed by atoms with Crippen LogP contribution >= 0.6 is 0 Å². The van der Waals surface area contributed by atoms with Crippen molar-refractivity contribution in [2.45, 2.75) is 12.2 Å². The van der Waals surface area contributed by atoms with E-state index in [1.165, 1.54) is 42.7 Å². The van der Waals surface area contributed by atoms with Gasteiger partial charge in [-0.15, -0.1) is 12.8 Å². The number of terminal acetylenes is 2. The topological polar surface area (TPSA) is 95.8 Å². The SMILES string of the molecule is C#CC(O)c1cc(OC)c(OC)cc1OC.C#CC(O)c1cc(OC)c(OC)cc1OC. The third-order valence-electron chi connectivity index (χ3n) is 4.38. The van der Waals surface area contributed by atoms with Gasteiger partial charge in [0.2, 0.25) is 0 Å². The van der Waals surface area contributed by atoms with Crippen molar-refractivity contribution in [3.8, 4) is 59.2 Å². The van der Waals surface area contributed by atoms with Crippen LogP contribution < -0.4 is 28.4 Å². The standard InChI is InChI=1S/2C12H14O4/c2*1-5-9(13)8-6-11(15-3)12(16-4)7-10(8)14-2/h2*1,6-7,9,13H,2-4H3. The van der Waals surface area contributed by atoms with Gasteiger partial charge in [0.15, 0.2) is 23.0 Å². The quantitative estimate of drug-likeness (QED) is 0.600. The Kier molecular flexibility index (Phi) is 10.6. The van der Waals surface area contributed by atoms with Gasteiger partial charge in [-0.3, -0.25) is 0 Å². The summed E-state index contributed by atoms with van der Waals surface area (Å²) >= 11 is 0. The highest BCUT2D eigenvalue weighted by Gasteiger charge is 2.17. The third kappa shape index (κ3) is 6.14. The molecule has 2 atom stereocenters. The van der Waals surface area contributed by atoms with E-state index in [0.717, 1.165) is 0 Å². The van der Waals surface area contributed by atoms with Gasteiger partial charge < -0.3 is 38.6 Å². The fourth-order valence-corrected chi connectivity index (χ4v) is 2.71. The first kappa shape index (κ1) is 26.3. The lowest BCUT2D eigenvalue weighted by molar-refractivity contribution is 0.230. The molecule has 8 nitrogen and oxygen atoms in total. The molecule has 2 N–H and O–H groups in total. The number of rotatable bonds is 8. The molecule has 0 aliphatic heterocycles. The van der Waals surface area contributed by atoms with Gasteiger partial charge in [-0.1, -0.05) is 11.8 Å². The first-order valence-electron chi connectivity index (χ1n) is 9.23. The maximum Gasteiger partial charge on any atom is 0.164 e. The van der Waals surface area contributed by atoms with Crippen molar-refractivity contribution < 1.29 is 38.6 Å². The summed E-state index contributed by atoms with van der Waals surface area (Å²) in [6.45, 7) is 0. The van der Waals surface area contributed by atoms with E-state index in [9.17, 15) is 10.2 Å². The normalized spacial score (nSPS) is 11.4. The van der Waals surface area contributed by atoms with Crippen LogP contribution in [0.3, 0.4) is 0 Å². The number of methoxy groups -OCH3 is 6. The molecule has 0 saturated carbocycles. The highest BCUT2D eigenvalue weighted by molar-refractivity contribution is 5.53. The Balaban J connectivity index is 0.000000320. The van der Waals surface area contributed by atoms with E-state index in [4.69, 9.17) is 41.3 Å². The molecule has 0 aromatic heterocycles. The van der Waals surface area contributed by atoms with Gasteiger partial charge in [-0.25, -0.2) is 0 Å². The first-order chi connectivity index (χ1) is 15.3. The average Bonchev–Trinajstić information content (AvgIpc) is 2.85. The Morgan fingerprint density at radius 2 is 0.781 bits per heavy atom. The van der Waals surface area contributed by atoms with Gasteiger partial charge in [0.25, 0.3) is 0 Å². The van der Waals surface area contributed by atoms with Gasteiger partial charge >= 0.3 is 0 Å². The lowest BCUT2D eigenvalue weighted by Crippen LogP contribution is -2.00. The monoisotopic (exact) mass is 444 g/mol. The van der Waals surface area contributed by atoms with Crippen molar-refractivity contribution in [2.75, 3.05) is 42.7 Å². The Bertz CT molecular complexity index is 892. The highest BCUT2D eigenvalue weighted by atomic mass is 16.5. The van der Waals surface area contributed by atoms with Crippen molar-refractivity contribution in [3.05, 3.63) is 35.4 Å². The summed E-state index contributed by atoms with van der Waals surface area (Å²) in [5, 5.41) is 19.2. The van der Waals surface area contributed by atoms with E-state index in [1.54, 1.807) is 24.3 Å². The van der Waals surface area contributed by atoms with Gasteiger partial charge in [0.1, 0.15) is 23.7 Å². The summed E-state index contributed by atoms with van der Waals surface area (Å²) in [6.07, 6.45) is 8.26. The molecule has 0 aliphatic carbocycles. The predicted octanol–water partition coefficient (Wildman–Crippen LogP) is 2.76. The average molecular weight is 444 g/mol. The molecule has 0 aliphatic rings. The van der Waals surface area contributed by atoms with Crippen molar-refractivity contribution in [1.29, 1.82) is 0 Å². The molecule has 172 valence electrons. The van der Waals surface area contributed by atoms with Crippen LogP contribution in [0.4, 0.5) is 0 Å². The van der Waals surface area contributed by atoms with E-state index in [2.05, 4.69) is 11.8 Å². The van der Waals surface area contributed by atoms with E-state index >= 15 is 0 Å². The summed E-state index contributed by atoms with van der Waals surface area (Å²) in [4.78, 5) is 0. The summed E-state index contributed by atoms with van der Waals surface area (Å²) in [5.41, 5.74) is 0.949. The number of ether oxygens (including phenoxy) is 6. The molecule has 2 rings (SSSR count). The fourth-order valence-electron chi connectivity index (χ4n) is 2.71. The number of hydrogen-bond acceptors (Lipinski definition) is 8. The molecule has 2 aromatic rings. The summed E-state index contributed by atoms with van der Waals surface area (Å²) in [5.74, 6) is 7.40. The highest BCUT2D eigenvalue weighted by Crippen LogP contribution is 2.38. The molecule has 0 spiro atoms. The zero-order valence-electron chi connectivity index (χ0n) is 19.0. The van der Waals surface area contributed by atoms with Crippen LogP contribution in [0, 0.1) is 24.7 Å². The lowest BCUT2D eigenvalue weighted by Gasteiger charge is -2.15. The Morgan fingerprint density at radius 1 is 0.531 bits per heavy atom. The Hall–Kier alpha value is -3.72. The second-order valence-corrected chi connectivity index (χ2v) is 6.04. The second kappa shape index (κ2) is 12.9. The van der Waals surface area contributed by atoms with Crippen molar-refractivity contribution in [2.24, 2.45) is 0 Å². The van der Waals surface area contributed by atoms with E-state index in [1.807, 2.05) is 0 Å². The molecule has 0 fully saturated rings. The lowest BCUT2D eigenvalue weighted by atomic mass is 10.1. The minimum absolute atomic E-state index is 0.461. The molecule has 8 heteroatoms. The third-order valence-corrected chi connectivity index (χ3v) is 4.38. The van der Waals surface area contributed by atoms with Crippen LogP contribution in [-0.4, -0.2) is 52.9 Å². The number of aliphatic hydroxyl groups excluding tert-OH is 2. The fraction of sp³-hybridized carbons (Fsp3) is 0.333.